The molecule has 2 fully saturated rings. The van der Waals surface area contributed by atoms with Crippen LogP contribution in [0.3, 0.4) is 0 Å². The molecular formula is C12H22O4S. The Morgan fingerprint density at radius 1 is 1.24 bits per heavy atom. The maximum atomic E-state index is 5.97. The van der Waals surface area contributed by atoms with Crippen molar-refractivity contribution in [2.75, 3.05) is 12.9 Å². The summed E-state index contributed by atoms with van der Waals surface area (Å²) < 4.78 is 23.4. The van der Waals surface area contributed by atoms with Gasteiger partial charge in [0, 0.05) is 7.11 Å². The maximum Gasteiger partial charge on any atom is 0.164 e. The summed E-state index contributed by atoms with van der Waals surface area (Å²) in [4.78, 5) is 0. The normalized spacial score (nSPS) is 44.6. The Morgan fingerprint density at radius 2 is 1.88 bits per heavy atom. The zero-order valence-electron chi connectivity index (χ0n) is 11.1. The molecule has 0 radical (unpaired) electrons. The van der Waals surface area contributed by atoms with E-state index in [2.05, 4.69) is 6.92 Å². The van der Waals surface area contributed by atoms with Gasteiger partial charge in [0.15, 0.2) is 5.79 Å². The van der Waals surface area contributed by atoms with E-state index in [9.17, 15) is 0 Å². The van der Waals surface area contributed by atoms with Crippen LogP contribution in [0.2, 0.25) is 0 Å². The number of thioether (sulfide) groups is 1. The predicted molar refractivity (Wildman–Crippen MR) is 67.1 cm³/mol. The Morgan fingerprint density at radius 3 is 2.47 bits per heavy atom. The fourth-order valence-corrected chi connectivity index (χ4v) is 3.54. The first-order valence-electron chi connectivity index (χ1n) is 6.14. The number of rotatable bonds is 3. The fraction of sp³-hybridized carbons (Fsp3) is 1.00. The SMILES string of the molecule is CCSC1OC(C)C2OC(C)(C)OC2C1OC. The molecule has 0 saturated carbocycles. The largest absolute Gasteiger partial charge is 0.375 e. The van der Waals surface area contributed by atoms with E-state index in [1.807, 2.05) is 20.8 Å². The van der Waals surface area contributed by atoms with Crippen molar-refractivity contribution in [1.29, 1.82) is 0 Å². The van der Waals surface area contributed by atoms with Crippen molar-refractivity contribution in [3.63, 3.8) is 0 Å². The second-order valence-electron chi connectivity index (χ2n) is 4.93. The molecule has 0 bridgehead atoms. The van der Waals surface area contributed by atoms with Gasteiger partial charge in [-0.3, -0.25) is 0 Å². The predicted octanol–water partition coefficient (Wildman–Crippen LogP) is 2.02. The van der Waals surface area contributed by atoms with Crippen molar-refractivity contribution in [3.8, 4) is 0 Å². The number of hydrogen-bond acceptors (Lipinski definition) is 5. The number of hydrogen-bond donors (Lipinski definition) is 0. The van der Waals surface area contributed by atoms with Crippen LogP contribution in [0.5, 0.6) is 0 Å². The molecule has 5 unspecified atom stereocenters. The topological polar surface area (TPSA) is 36.9 Å². The summed E-state index contributed by atoms with van der Waals surface area (Å²) in [6.07, 6.45) is -0.105. The number of methoxy groups -OCH3 is 1. The molecule has 2 rings (SSSR count). The van der Waals surface area contributed by atoms with Gasteiger partial charge in [0.1, 0.15) is 23.7 Å². The van der Waals surface area contributed by atoms with Crippen LogP contribution in [0.15, 0.2) is 0 Å². The fourth-order valence-electron chi connectivity index (χ4n) is 2.50. The molecule has 17 heavy (non-hydrogen) atoms. The van der Waals surface area contributed by atoms with E-state index in [0.717, 1.165) is 5.75 Å². The molecule has 2 heterocycles. The van der Waals surface area contributed by atoms with Gasteiger partial charge in [-0.25, -0.2) is 0 Å². The van der Waals surface area contributed by atoms with E-state index in [0.29, 0.717) is 0 Å². The zero-order valence-corrected chi connectivity index (χ0v) is 12.0. The third-order valence-corrected chi connectivity index (χ3v) is 4.21. The van der Waals surface area contributed by atoms with Gasteiger partial charge in [-0.2, -0.15) is 0 Å². The van der Waals surface area contributed by atoms with Gasteiger partial charge in [-0.1, -0.05) is 6.92 Å². The molecule has 0 amide bonds. The summed E-state index contributed by atoms with van der Waals surface area (Å²) in [5, 5.41) is 0. The van der Waals surface area contributed by atoms with Crippen LogP contribution in [0, 0.1) is 0 Å². The smallest absolute Gasteiger partial charge is 0.164 e. The average Bonchev–Trinajstić information content (AvgIpc) is 2.55. The van der Waals surface area contributed by atoms with Crippen molar-refractivity contribution in [2.45, 2.75) is 63.3 Å². The van der Waals surface area contributed by atoms with Crippen molar-refractivity contribution >= 4 is 11.8 Å². The van der Waals surface area contributed by atoms with Gasteiger partial charge < -0.3 is 18.9 Å². The summed E-state index contributed by atoms with van der Waals surface area (Å²) in [6.45, 7) is 8.03. The highest BCUT2D eigenvalue weighted by atomic mass is 32.2. The Balaban J connectivity index is 2.15. The molecule has 0 aromatic carbocycles. The molecule has 0 N–H and O–H groups in total. The number of ether oxygens (including phenoxy) is 4. The number of fused-ring (bicyclic) bond motifs is 1. The molecule has 2 saturated heterocycles. The molecule has 2 aliphatic heterocycles. The minimum atomic E-state index is -0.546. The Hall–Kier alpha value is 0.190. The highest BCUT2D eigenvalue weighted by Gasteiger charge is 2.54. The standard InChI is InChI=1S/C12H22O4S/c1-6-17-11-10(13-5)9-8(7(2)14-11)15-12(3,4)16-9/h7-11H,6H2,1-5H3. The summed E-state index contributed by atoms with van der Waals surface area (Å²) >= 11 is 1.75. The van der Waals surface area contributed by atoms with Crippen molar-refractivity contribution in [1.82, 2.24) is 0 Å². The quantitative estimate of drug-likeness (QED) is 0.778. The lowest BCUT2D eigenvalue weighted by molar-refractivity contribution is -0.162. The molecule has 5 heteroatoms. The molecule has 2 aliphatic rings. The van der Waals surface area contributed by atoms with Gasteiger partial charge in [0.05, 0.1) is 6.10 Å². The average molecular weight is 262 g/mol. The molecule has 5 atom stereocenters. The minimum Gasteiger partial charge on any atom is -0.375 e. The van der Waals surface area contributed by atoms with E-state index in [4.69, 9.17) is 18.9 Å². The van der Waals surface area contributed by atoms with E-state index in [1.165, 1.54) is 0 Å². The van der Waals surface area contributed by atoms with Crippen LogP contribution < -0.4 is 0 Å². The van der Waals surface area contributed by atoms with Gasteiger partial charge in [-0.15, -0.1) is 11.8 Å². The molecule has 0 aromatic rings. The zero-order chi connectivity index (χ0) is 12.6. The van der Waals surface area contributed by atoms with Gasteiger partial charge in [-0.05, 0) is 26.5 Å². The van der Waals surface area contributed by atoms with Crippen LogP contribution in [-0.2, 0) is 18.9 Å². The van der Waals surface area contributed by atoms with Gasteiger partial charge in [0.2, 0.25) is 0 Å². The molecular weight excluding hydrogens is 240 g/mol. The van der Waals surface area contributed by atoms with Crippen molar-refractivity contribution < 1.29 is 18.9 Å². The lowest BCUT2D eigenvalue weighted by Gasteiger charge is -2.40. The monoisotopic (exact) mass is 262 g/mol. The molecule has 0 aliphatic carbocycles. The summed E-state index contributed by atoms with van der Waals surface area (Å²) in [5.74, 6) is 0.453. The molecule has 0 aromatic heterocycles. The third kappa shape index (κ3) is 2.63. The van der Waals surface area contributed by atoms with E-state index in [1.54, 1.807) is 18.9 Å². The molecule has 0 spiro atoms. The molecule has 100 valence electrons. The minimum absolute atomic E-state index is 0.0266. The first-order chi connectivity index (χ1) is 7.98. The first kappa shape index (κ1) is 13.6. The lowest BCUT2D eigenvalue weighted by Crippen LogP contribution is -2.54. The second kappa shape index (κ2) is 5.05. The summed E-state index contributed by atoms with van der Waals surface area (Å²) in [6, 6.07) is 0. The van der Waals surface area contributed by atoms with E-state index in [-0.39, 0.29) is 29.9 Å². The van der Waals surface area contributed by atoms with E-state index < -0.39 is 5.79 Å². The van der Waals surface area contributed by atoms with Crippen LogP contribution >= 0.6 is 11.8 Å². The van der Waals surface area contributed by atoms with Gasteiger partial charge >= 0.3 is 0 Å². The van der Waals surface area contributed by atoms with Crippen LogP contribution in [0.25, 0.3) is 0 Å². The Labute approximate surface area is 107 Å². The Kier molecular flexibility index (Phi) is 4.05. The second-order valence-corrected chi connectivity index (χ2v) is 6.31. The van der Waals surface area contributed by atoms with Gasteiger partial charge in [0.25, 0.3) is 0 Å². The van der Waals surface area contributed by atoms with Crippen LogP contribution in [0.1, 0.15) is 27.7 Å². The van der Waals surface area contributed by atoms with Crippen molar-refractivity contribution in [3.05, 3.63) is 0 Å². The van der Waals surface area contributed by atoms with Crippen LogP contribution in [-0.4, -0.2) is 48.5 Å². The summed E-state index contributed by atoms with van der Waals surface area (Å²) in [7, 11) is 1.71. The lowest BCUT2D eigenvalue weighted by atomic mass is 10.0. The highest BCUT2D eigenvalue weighted by Crippen LogP contribution is 2.40. The first-order valence-corrected chi connectivity index (χ1v) is 7.19. The Bertz CT molecular complexity index is 271. The van der Waals surface area contributed by atoms with Crippen molar-refractivity contribution in [2.24, 2.45) is 0 Å². The maximum absolute atomic E-state index is 5.97. The molecule has 4 nitrogen and oxygen atoms in total. The third-order valence-electron chi connectivity index (χ3n) is 3.17. The summed E-state index contributed by atoms with van der Waals surface area (Å²) in [5.41, 5.74) is 0.0266. The van der Waals surface area contributed by atoms with Crippen LogP contribution in [0.4, 0.5) is 0 Å². The van der Waals surface area contributed by atoms with E-state index >= 15 is 0 Å². The highest BCUT2D eigenvalue weighted by molar-refractivity contribution is 7.99.